The normalized spacial score (nSPS) is 26.8. The van der Waals surface area contributed by atoms with Crippen LogP contribution in [-0.4, -0.2) is 31.4 Å². The number of fused-ring (bicyclic) bond motifs is 1. The van der Waals surface area contributed by atoms with E-state index in [0.29, 0.717) is 18.8 Å². The zero-order valence-electron chi connectivity index (χ0n) is 6.50. The lowest BCUT2D eigenvalue weighted by Crippen LogP contribution is -2.32. The molecule has 1 fully saturated rings. The fourth-order valence-electron chi connectivity index (χ4n) is 1.45. The predicted molar refractivity (Wildman–Crippen MR) is 44.5 cm³/mol. The van der Waals surface area contributed by atoms with Crippen molar-refractivity contribution in [3.8, 4) is 0 Å². The lowest BCUT2D eigenvalue weighted by Gasteiger charge is -2.14. The minimum absolute atomic E-state index is 0.150. The summed E-state index contributed by atoms with van der Waals surface area (Å²) in [4.78, 5) is 14.9. The van der Waals surface area contributed by atoms with Crippen molar-refractivity contribution in [2.24, 2.45) is 10.7 Å². The molecule has 0 bridgehead atoms. The Morgan fingerprint density at radius 3 is 3.33 bits per heavy atom. The van der Waals surface area contributed by atoms with Crippen molar-refractivity contribution in [2.45, 2.75) is 6.04 Å². The van der Waals surface area contributed by atoms with Crippen molar-refractivity contribution < 1.29 is 4.79 Å². The molecular formula is C7H10N4O. The summed E-state index contributed by atoms with van der Waals surface area (Å²) in [5.41, 5.74) is 6.55. The first-order valence-electron chi connectivity index (χ1n) is 3.80. The Balaban J connectivity index is 2.38. The maximum Gasteiger partial charge on any atom is 0.252 e. The smallest absolute Gasteiger partial charge is 0.252 e. The molecule has 2 aliphatic heterocycles. The zero-order valence-corrected chi connectivity index (χ0v) is 6.50. The molecule has 12 heavy (non-hydrogen) atoms. The van der Waals surface area contributed by atoms with Crippen LogP contribution < -0.4 is 16.4 Å². The second kappa shape index (κ2) is 2.60. The molecular weight excluding hydrogens is 156 g/mol. The molecule has 0 radical (unpaired) electrons. The molecule has 2 rings (SSSR count). The van der Waals surface area contributed by atoms with Gasteiger partial charge in [-0.25, -0.2) is 0 Å². The maximum atomic E-state index is 10.9. The van der Waals surface area contributed by atoms with Crippen LogP contribution in [0.4, 0.5) is 0 Å². The summed E-state index contributed by atoms with van der Waals surface area (Å²) >= 11 is 0. The number of carbonyl (C=O) groups excluding carboxylic acids is 1. The number of carbonyl (C=O) groups is 1. The molecule has 5 heteroatoms. The highest BCUT2D eigenvalue weighted by molar-refractivity contribution is 6.12. The van der Waals surface area contributed by atoms with Gasteiger partial charge < -0.3 is 11.1 Å². The third-order valence-electron chi connectivity index (χ3n) is 2.04. The number of primary amides is 1. The van der Waals surface area contributed by atoms with E-state index in [4.69, 9.17) is 5.73 Å². The molecule has 0 aromatic carbocycles. The molecule has 5 nitrogen and oxygen atoms in total. The van der Waals surface area contributed by atoms with Gasteiger partial charge >= 0.3 is 0 Å². The number of hydrogen-bond acceptors (Lipinski definition) is 4. The molecule has 2 heterocycles. The summed E-state index contributed by atoms with van der Waals surface area (Å²) in [5.74, 6) is -0.422. The third kappa shape index (κ3) is 0.984. The second-order valence-corrected chi connectivity index (χ2v) is 2.80. The Labute approximate surface area is 69.7 Å². The average Bonchev–Trinajstić information content (AvgIpc) is 2.49. The zero-order chi connectivity index (χ0) is 8.55. The van der Waals surface area contributed by atoms with E-state index in [0.717, 1.165) is 5.70 Å². The van der Waals surface area contributed by atoms with E-state index in [-0.39, 0.29) is 6.04 Å². The number of dihydropyridines is 1. The number of nitrogens with one attached hydrogen (secondary N) is 2. The fourth-order valence-corrected chi connectivity index (χ4v) is 1.45. The van der Waals surface area contributed by atoms with E-state index in [1.807, 2.05) is 0 Å². The van der Waals surface area contributed by atoms with E-state index in [2.05, 4.69) is 15.6 Å². The molecule has 0 saturated carbocycles. The standard InChI is InChI=1S/C7H10N4O/c8-7(12)4-1-9-2-5-6(4)11-3-10-5/h1,5,10-11H,2-3H2,(H2,8,12). The van der Waals surface area contributed by atoms with E-state index in [9.17, 15) is 4.79 Å². The largest absolute Gasteiger partial charge is 0.374 e. The fraction of sp³-hybridized carbons (Fsp3) is 0.429. The molecule has 1 amide bonds. The molecule has 2 aliphatic rings. The van der Waals surface area contributed by atoms with E-state index < -0.39 is 5.91 Å². The van der Waals surface area contributed by atoms with Gasteiger partial charge in [-0.05, 0) is 0 Å². The first kappa shape index (κ1) is 7.30. The minimum Gasteiger partial charge on any atom is -0.374 e. The van der Waals surface area contributed by atoms with Crippen molar-refractivity contribution in [3.63, 3.8) is 0 Å². The molecule has 0 aromatic heterocycles. The van der Waals surface area contributed by atoms with Crippen LogP contribution in [0.1, 0.15) is 0 Å². The Morgan fingerprint density at radius 1 is 1.75 bits per heavy atom. The summed E-state index contributed by atoms with van der Waals surface area (Å²) in [6, 6.07) is 0.150. The van der Waals surface area contributed by atoms with E-state index in [1.54, 1.807) is 0 Å². The molecule has 64 valence electrons. The molecule has 4 N–H and O–H groups in total. The van der Waals surface area contributed by atoms with Gasteiger partial charge in [-0.15, -0.1) is 0 Å². The van der Waals surface area contributed by atoms with Gasteiger partial charge in [0, 0.05) is 11.9 Å². The lowest BCUT2D eigenvalue weighted by atomic mass is 10.1. The van der Waals surface area contributed by atoms with Crippen LogP contribution in [0, 0.1) is 0 Å². The SMILES string of the molecule is NC(=O)C1=C2NCNC2CN=C1. The van der Waals surface area contributed by atoms with Gasteiger partial charge in [0.05, 0.1) is 24.8 Å². The highest BCUT2D eigenvalue weighted by atomic mass is 16.1. The first-order valence-corrected chi connectivity index (χ1v) is 3.80. The molecule has 0 aromatic rings. The molecule has 1 saturated heterocycles. The minimum atomic E-state index is -0.422. The second-order valence-electron chi connectivity index (χ2n) is 2.80. The van der Waals surface area contributed by atoms with Crippen molar-refractivity contribution >= 4 is 12.1 Å². The van der Waals surface area contributed by atoms with E-state index >= 15 is 0 Å². The Kier molecular flexibility index (Phi) is 1.58. The van der Waals surface area contributed by atoms with Crippen molar-refractivity contribution in [1.82, 2.24) is 10.6 Å². The van der Waals surface area contributed by atoms with Crippen molar-refractivity contribution in [3.05, 3.63) is 11.3 Å². The summed E-state index contributed by atoms with van der Waals surface area (Å²) < 4.78 is 0. The van der Waals surface area contributed by atoms with Crippen LogP contribution in [-0.2, 0) is 4.79 Å². The summed E-state index contributed by atoms with van der Waals surface area (Å²) in [5, 5.41) is 6.22. The van der Waals surface area contributed by atoms with Gasteiger partial charge in [0.1, 0.15) is 0 Å². The topological polar surface area (TPSA) is 79.5 Å². The van der Waals surface area contributed by atoms with Gasteiger partial charge in [-0.1, -0.05) is 0 Å². The molecule has 1 unspecified atom stereocenters. The van der Waals surface area contributed by atoms with Crippen molar-refractivity contribution in [2.75, 3.05) is 13.2 Å². The van der Waals surface area contributed by atoms with Gasteiger partial charge in [0.15, 0.2) is 0 Å². The van der Waals surface area contributed by atoms with Crippen LogP contribution in [0.2, 0.25) is 0 Å². The molecule has 1 atom stereocenters. The Hall–Kier alpha value is -1.36. The number of nitrogens with zero attached hydrogens (tertiary/aromatic N) is 1. The van der Waals surface area contributed by atoms with Gasteiger partial charge in [-0.2, -0.15) is 0 Å². The van der Waals surface area contributed by atoms with Crippen molar-refractivity contribution in [1.29, 1.82) is 0 Å². The monoisotopic (exact) mass is 166 g/mol. The van der Waals surface area contributed by atoms with Crippen LogP contribution in [0.3, 0.4) is 0 Å². The molecule has 0 spiro atoms. The number of aliphatic imine (C=N–C) groups is 1. The summed E-state index contributed by atoms with van der Waals surface area (Å²) in [6.45, 7) is 1.36. The number of nitrogens with two attached hydrogens (primary N) is 1. The van der Waals surface area contributed by atoms with Gasteiger partial charge in [0.2, 0.25) is 0 Å². The average molecular weight is 166 g/mol. The maximum absolute atomic E-state index is 10.9. The van der Waals surface area contributed by atoms with Crippen LogP contribution >= 0.6 is 0 Å². The van der Waals surface area contributed by atoms with Crippen LogP contribution in [0.15, 0.2) is 16.3 Å². The number of hydrogen-bond donors (Lipinski definition) is 3. The predicted octanol–water partition coefficient (Wildman–Crippen LogP) is -1.67. The Bertz CT molecular complexity index is 281. The molecule has 0 aliphatic carbocycles. The van der Waals surface area contributed by atoms with E-state index in [1.165, 1.54) is 6.21 Å². The van der Waals surface area contributed by atoms with Gasteiger partial charge in [-0.3, -0.25) is 15.1 Å². The quantitative estimate of drug-likeness (QED) is 0.435. The number of amides is 1. The first-order chi connectivity index (χ1) is 5.79. The van der Waals surface area contributed by atoms with Gasteiger partial charge in [0.25, 0.3) is 5.91 Å². The number of rotatable bonds is 1. The highest BCUT2D eigenvalue weighted by Crippen LogP contribution is 2.13. The summed E-state index contributed by atoms with van der Waals surface area (Å²) in [7, 11) is 0. The highest BCUT2D eigenvalue weighted by Gasteiger charge is 2.26. The Morgan fingerprint density at radius 2 is 2.58 bits per heavy atom. The lowest BCUT2D eigenvalue weighted by molar-refractivity contribution is -0.114. The summed E-state index contributed by atoms with van der Waals surface area (Å²) in [6.07, 6.45) is 1.54. The van der Waals surface area contributed by atoms with Crippen LogP contribution in [0.25, 0.3) is 0 Å². The van der Waals surface area contributed by atoms with Crippen LogP contribution in [0.5, 0.6) is 0 Å². The third-order valence-corrected chi connectivity index (χ3v) is 2.04.